The van der Waals surface area contributed by atoms with Gasteiger partial charge >= 0.3 is 0 Å². The molecule has 1 aromatic rings. The largest absolute Gasteiger partial charge is 0.388 e. The van der Waals surface area contributed by atoms with Crippen LogP contribution in [0, 0.1) is 5.92 Å². The van der Waals surface area contributed by atoms with Crippen molar-refractivity contribution in [1.82, 2.24) is 0 Å². The van der Waals surface area contributed by atoms with Crippen LogP contribution >= 0.6 is 0 Å². The van der Waals surface area contributed by atoms with E-state index in [2.05, 4.69) is 0 Å². The third-order valence-electron chi connectivity index (χ3n) is 2.26. The molecule has 0 saturated heterocycles. The minimum Gasteiger partial charge on any atom is -0.388 e. The second kappa shape index (κ2) is 4.19. The maximum absolute atomic E-state index is 11.0. The van der Waals surface area contributed by atoms with Crippen molar-refractivity contribution in [3.8, 4) is 0 Å². The third-order valence-corrected chi connectivity index (χ3v) is 2.26. The summed E-state index contributed by atoms with van der Waals surface area (Å²) >= 11 is 0. The molecule has 0 aromatic heterocycles. The van der Waals surface area contributed by atoms with E-state index in [0.29, 0.717) is 0 Å². The van der Waals surface area contributed by atoms with Gasteiger partial charge in [0.2, 0.25) is 0 Å². The summed E-state index contributed by atoms with van der Waals surface area (Å²) in [5, 5.41) is 9.74. The number of aliphatic hydroxyl groups is 1. The molecule has 0 radical (unpaired) electrons. The number of aliphatic hydroxyl groups excluding tert-OH is 1. The second-order valence-corrected chi connectivity index (χ2v) is 3.25. The van der Waals surface area contributed by atoms with Crippen LogP contribution in [-0.4, -0.2) is 10.9 Å². The molecule has 0 fully saturated rings. The molecule has 0 aliphatic rings. The van der Waals surface area contributed by atoms with Crippen LogP contribution in [-0.2, 0) is 4.79 Å². The normalized spacial score (nSPS) is 15.0. The van der Waals surface area contributed by atoms with Gasteiger partial charge in [0.05, 0.1) is 6.10 Å². The SMILES string of the molecule is CC(=O)[C@H](C)[C@@H](O)c1ccccc1. The highest BCUT2D eigenvalue weighted by Crippen LogP contribution is 2.21. The van der Waals surface area contributed by atoms with Gasteiger partial charge in [-0.15, -0.1) is 0 Å². The maximum Gasteiger partial charge on any atom is 0.135 e. The molecule has 0 amide bonds. The Morgan fingerprint density at radius 1 is 1.31 bits per heavy atom. The standard InChI is InChI=1S/C11H14O2/c1-8(9(2)12)11(13)10-6-4-3-5-7-10/h3-8,11,13H,1-2H3/t8-,11+/m0/s1. The molecule has 0 heterocycles. The first-order chi connectivity index (χ1) is 6.13. The van der Waals surface area contributed by atoms with Crippen molar-refractivity contribution in [3.05, 3.63) is 35.9 Å². The van der Waals surface area contributed by atoms with Crippen LogP contribution in [0.4, 0.5) is 0 Å². The maximum atomic E-state index is 11.0. The van der Waals surface area contributed by atoms with Crippen LogP contribution < -0.4 is 0 Å². The number of hydrogen-bond acceptors (Lipinski definition) is 2. The fourth-order valence-electron chi connectivity index (χ4n) is 1.16. The van der Waals surface area contributed by atoms with Crippen molar-refractivity contribution in [2.75, 3.05) is 0 Å². The molecule has 0 saturated carbocycles. The Labute approximate surface area is 78.2 Å². The number of benzene rings is 1. The van der Waals surface area contributed by atoms with E-state index in [1.807, 2.05) is 30.3 Å². The highest BCUT2D eigenvalue weighted by Gasteiger charge is 2.19. The van der Waals surface area contributed by atoms with Gasteiger partial charge in [0.1, 0.15) is 5.78 Å². The number of carbonyl (C=O) groups is 1. The van der Waals surface area contributed by atoms with Gasteiger partial charge in [-0.1, -0.05) is 37.3 Å². The molecule has 2 atom stereocenters. The average molecular weight is 178 g/mol. The average Bonchev–Trinajstić information content (AvgIpc) is 2.17. The number of carbonyl (C=O) groups excluding carboxylic acids is 1. The molecule has 1 rings (SSSR count). The highest BCUT2D eigenvalue weighted by atomic mass is 16.3. The predicted octanol–water partition coefficient (Wildman–Crippen LogP) is 1.95. The van der Waals surface area contributed by atoms with Crippen molar-refractivity contribution in [3.63, 3.8) is 0 Å². The van der Waals surface area contributed by atoms with E-state index in [-0.39, 0.29) is 11.7 Å². The van der Waals surface area contributed by atoms with E-state index in [4.69, 9.17) is 0 Å². The summed E-state index contributed by atoms with van der Waals surface area (Å²) in [6, 6.07) is 9.24. The van der Waals surface area contributed by atoms with Gasteiger partial charge in [0.25, 0.3) is 0 Å². The first-order valence-corrected chi connectivity index (χ1v) is 4.36. The Kier molecular flexibility index (Phi) is 3.20. The Bertz CT molecular complexity index is 279. The van der Waals surface area contributed by atoms with Gasteiger partial charge in [-0.3, -0.25) is 4.79 Å². The molecular formula is C11H14O2. The molecule has 0 bridgehead atoms. The van der Waals surface area contributed by atoms with Crippen LogP contribution in [0.15, 0.2) is 30.3 Å². The molecular weight excluding hydrogens is 164 g/mol. The number of hydrogen-bond donors (Lipinski definition) is 1. The molecule has 2 nitrogen and oxygen atoms in total. The predicted molar refractivity (Wildman–Crippen MR) is 51.2 cm³/mol. The summed E-state index contributed by atoms with van der Waals surface area (Å²) in [5.41, 5.74) is 0.796. The van der Waals surface area contributed by atoms with Gasteiger partial charge in [0, 0.05) is 5.92 Å². The molecule has 1 N–H and O–H groups in total. The molecule has 0 unspecified atom stereocenters. The molecule has 13 heavy (non-hydrogen) atoms. The summed E-state index contributed by atoms with van der Waals surface area (Å²) in [7, 11) is 0. The van der Waals surface area contributed by atoms with Crippen molar-refractivity contribution in [2.45, 2.75) is 20.0 Å². The minimum atomic E-state index is -0.682. The molecule has 2 heteroatoms. The lowest BCUT2D eigenvalue weighted by Gasteiger charge is -2.15. The lowest BCUT2D eigenvalue weighted by molar-refractivity contribution is -0.123. The van der Waals surface area contributed by atoms with Gasteiger partial charge in [-0.25, -0.2) is 0 Å². The quantitative estimate of drug-likeness (QED) is 0.768. The smallest absolute Gasteiger partial charge is 0.135 e. The Morgan fingerprint density at radius 3 is 2.31 bits per heavy atom. The van der Waals surface area contributed by atoms with Gasteiger partial charge in [-0.2, -0.15) is 0 Å². The minimum absolute atomic E-state index is 0.0105. The molecule has 0 spiro atoms. The van der Waals surface area contributed by atoms with E-state index < -0.39 is 6.10 Å². The van der Waals surface area contributed by atoms with Crippen LogP contribution in [0.3, 0.4) is 0 Å². The molecule has 0 aliphatic heterocycles. The van der Waals surface area contributed by atoms with E-state index in [0.717, 1.165) is 5.56 Å². The fourth-order valence-corrected chi connectivity index (χ4v) is 1.16. The van der Waals surface area contributed by atoms with E-state index in [1.54, 1.807) is 6.92 Å². The van der Waals surface area contributed by atoms with Gasteiger partial charge < -0.3 is 5.11 Å². The molecule has 1 aromatic carbocycles. The third kappa shape index (κ3) is 2.39. The zero-order chi connectivity index (χ0) is 9.84. The number of Topliss-reactive ketones (excluding diaryl/α,β-unsaturated/α-hetero) is 1. The first kappa shape index (κ1) is 9.93. The van der Waals surface area contributed by atoms with Crippen LogP contribution in [0.25, 0.3) is 0 Å². The zero-order valence-corrected chi connectivity index (χ0v) is 7.90. The van der Waals surface area contributed by atoms with Crippen LogP contribution in [0.5, 0.6) is 0 Å². The van der Waals surface area contributed by atoms with E-state index >= 15 is 0 Å². The van der Waals surface area contributed by atoms with Crippen LogP contribution in [0.2, 0.25) is 0 Å². The lowest BCUT2D eigenvalue weighted by atomic mass is 9.95. The summed E-state index contributed by atoms with van der Waals surface area (Å²) in [6.45, 7) is 3.23. The van der Waals surface area contributed by atoms with E-state index in [1.165, 1.54) is 6.92 Å². The molecule has 0 aliphatic carbocycles. The number of ketones is 1. The topological polar surface area (TPSA) is 37.3 Å². The first-order valence-electron chi connectivity index (χ1n) is 4.36. The van der Waals surface area contributed by atoms with Gasteiger partial charge in [0.15, 0.2) is 0 Å². The second-order valence-electron chi connectivity index (χ2n) is 3.25. The Morgan fingerprint density at radius 2 is 1.85 bits per heavy atom. The van der Waals surface area contributed by atoms with Crippen molar-refractivity contribution < 1.29 is 9.90 Å². The summed E-state index contributed by atoms with van der Waals surface area (Å²) in [5.74, 6) is -0.321. The molecule has 70 valence electrons. The van der Waals surface area contributed by atoms with Gasteiger partial charge in [-0.05, 0) is 12.5 Å². The summed E-state index contributed by atoms with van der Waals surface area (Å²) in [6.07, 6.45) is -0.682. The highest BCUT2D eigenvalue weighted by molar-refractivity contribution is 5.78. The Hall–Kier alpha value is -1.15. The monoisotopic (exact) mass is 178 g/mol. The number of rotatable bonds is 3. The fraction of sp³-hybridized carbons (Fsp3) is 0.364. The van der Waals surface area contributed by atoms with E-state index in [9.17, 15) is 9.90 Å². The Balaban J connectivity index is 2.79. The van der Waals surface area contributed by atoms with Crippen molar-refractivity contribution in [1.29, 1.82) is 0 Å². The van der Waals surface area contributed by atoms with Crippen LogP contribution in [0.1, 0.15) is 25.5 Å². The summed E-state index contributed by atoms with van der Waals surface area (Å²) < 4.78 is 0. The van der Waals surface area contributed by atoms with Crippen molar-refractivity contribution in [2.24, 2.45) is 5.92 Å². The van der Waals surface area contributed by atoms with Crippen molar-refractivity contribution >= 4 is 5.78 Å². The zero-order valence-electron chi connectivity index (χ0n) is 7.90. The summed E-state index contributed by atoms with van der Waals surface area (Å²) in [4.78, 5) is 11.0. The lowest BCUT2D eigenvalue weighted by Crippen LogP contribution is -2.16.